The summed E-state index contributed by atoms with van der Waals surface area (Å²) in [6, 6.07) is 15.4. The molecular weight excluding hydrogens is 438 g/mol. The van der Waals surface area contributed by atoms with Crippen LogP contribution in [0.4, 0.5) is 16.2 Å². The van der Waals surface area contributed by atoms with E-state index in [-0.39, 0.29) is 6.09 Å². The van der Waals surface area contributed by atoms with Crippen molar-refractivity contribution in [2.24, 2.45) is 0 Å². The molecule has 0 spiro atoms. The minimum atomic E-state index is -0.241. The number of benzene rings is 2. The van der Waals surface area contributed by atoms with E-state index in [1.807, 2.05) is 29.6 Å². The van der Waals surface area contributed by atoms with Crippen molar-refractivity contribution >= 4 is 41.0 Å². The molecule has 0 saturated carbocycles. The SMILES string of the molecule is O=C1OCCN1c1ccc2c(c1)CS/C(Cc1cccc(N3CCSCC3)c1)=C\NCC2. The lowest BCUT2D eigenvalue weighted by molar-refractivity contribution is 0.181. The molecule has 2 saturated heterocycles. The summed E-state index contributed by atoms with van der Waals surface area (Å²) >= 11 is 3.93. The molecule has 2 aromatic carbocycles. The van der Waals surface area contributed by atoms with Gasteiger partial charge < -0.3 is 15.0 Å². The molecule has 7 heteroatoms. The molecule has 32 heavy (non-hydrogen) atoms. The van der Waals surface area contributed by atoms with E-state index in [2.05, 4.69) is 52.8 Å². The Labute approximate surface area is 198 Å². The molecule has 1 amide bonds. The Morgan fingerprint density at radius 2 is 1.91 bits per heavy atom. The number of cyclic esters (lactones) is 1. The standard InChI is InChI=1S/C25H29N3O2S2/c29-25-28(8-11-30-25)23-5-4-20-6-7-26-17-24(32-18-21(20)16-23)15-19-2-1-3-22(14-19)27-9-12-31-13-10-27/h1-5,14,16-17,26H,6-13,15,18H2/b24-17-. The Kier molecular flexibility index (Phi) is 6.83. The highest BCUT2D eigenvalue weighted by atomic mass is 32.2. The average Bonchev–Trinajstić information content (AvgIpc) is 3.29. The molecule has 1 N–H and O–H groups in total. The zero-order valence-corrected chi connectivity index (χ0v) is 19.9. The summed E-state index contributed by atoms with van der Waals surface area (Å²) in [4.78, 5) is 17.6. The molecule has 0 aromatic heterocycles. The van der Waals surface area contributed by atoms with Crippen molar-refractivity contribution in [1.29, 1.82) is 0 Å². The van der Waals surface area contributed by atoms with Crippen LogP contribution in [0.25, 0.3) is 0 Å². The van der Waals surface area contributed by atoms with Crippen LogP contribution < -0.4 is 15.1 Å². The maximum atomic E-state index is 12.0. The highest BCUT2D eigenvalue weighted by Crippen LogP contribution is 2.31. The molecule has 5 rings (SSSR count). The molecule has 168 valence electrons. The molecule has 3 heterocycles. The highest BCUT2D eigenvalue weighted by Gasteiger charge is 2.24. The predicted molar refractivity (Wildman–Crippen MR) is 136 cm³/mol. The highest BCUT2D eigenvalue weighted by molar-refractivity contribution is 8.02. The second-order valence-corrected chi connectivity index (χ2v) is 10.6. The molecule has 2 fully saturated rings. The number of carbonyl (C=O) groups excluding carboxylic acids is 1. The number of anilines is 2. The van der Waals surface area contributed by atoms with Gasteiger partial charge in [-0.25, -0.2) is 4.79 Å². The van der Waals surface area contributed by atoms with Gasteiger partial charge in [0.05, 0.1) is 6.54 Å². The number of nitrogens with one attached hydrogen (secondary N) is 1. The van der Waals surface area contributed by atoms with Gasteiger partial charge in [0.15, 0.2) is 0 Å². The van der Waals surface area contributed by atoms with E-state index >= 15 is 0 Å². The van der Waals surface area contributed by atoms with Gasteiger partial charge in [-0.2, -0.15) is 11.8 Å². The van der Waals surface area contributed by atoms with E-state index in [0.717, 1.165) is 43.9 Å². The third-order valence-electron chi connectivity index (χ3n) is 6.14. The Hall–Kier alpha value is -2.25. The average molecular weight is 468 g/mol. The molecule has 5 nitrogen and oxygen atoms in total. The van der Waals surface area contributed by atoms with E-state index in [1.165, 1.54) is 38.8 Å². The first-order chi connectivity index (χ1) is 15.8. The van der Waals surface area contributed by atoms with Crippen LogP contribution in [0, 0.1) is 0 Å². The smallest absolute Gasteiger partial charge is 0.414 e. The monoisotopic (exact) mass is 467 g/mol. The minimum Gasteiger partial charge on any atom is -0.447 e. The summed E-state index contributed by atoms with van der Waals surface area (Å²) in [5.41, 5.74) is 6.30. The van der Waals surface area contributed by atoms with Crippen LogP contribution in [-0.2, 0) is 23.3 Å². The molecule has 0 radical (unpaired) electrons. The fraction of sp³-hybridized carbons (Fsp3) is 0.400. The first-order valence-corrected chi connectivity index (χ1v) is 13.4. The van der Waals surface area contributed by atoms with Crippen LogP contribution in [0.15, 0.2) is 53.6 Å². The molecular formula is C25H29N3O2S2. The number of amides is 1. The van der Waals surface area contributed by atoms with Crippen molar-refractivity contribution in [2.45, 2.75) is 18.6 Å². The lowest BCUT2D eigenvalue weighted by atomic mass is 10.0. The molecule has 2 aromatic rings. The molecule has 0 atom stereocenters. The maximum Gasteiger partial charge on any atom is 0.414 e. The summed E-state index contributed by atoms with van der Waals surface area (Å²) in [6.07, 6.45) is 3.86. The summed E-state index contributed by atoms with van der Waals surface area (Å²) in [5, 5.41) is 3.51. The maximum absolute atomic E-state index is 12.0. The van der Waals surface area contributed by atoms with Gasteiger partial charge in [-0.1, -0.05) is 18.2 Å². The molecule has 0 aliphatic carbocycles. The number of nitrogens with zero attached hydrogens (tertiary/aromatic N) is 2. The van der Waals surface area contributed by atoms with Crippen LogP contribution in [0.2, 0.25) is 0 Å². The first-order valence-electron chi connectivity index (χ1n) is 11.3. The summed E-state index contributed by atoms with van der Waals surface area (Å²) in [7, 11) is 0. The largest absolute Gasteiger partial charge is 0.447 e. The van der Waals surface area contributed by atoms with Crippen LogP contribution in [-0.4, -0.2) is 50.4 Å². The third kappa shape index (κ3) is 5.04. The number of ether oxygens (including phenoxy) is 1. The van der Waals surface area contributed by atoms with E-state index in [0.29, 0.717) is 13.2 Å². The Morgan fingerprint density at radius 3 is 2.75 bits per heavy atom. The summed E-state index contributed by atoms with van der Waals surface area (Å²) < 4.78 is 5.12. The van der Waals surface area contributed by atoms with Crippen molar-refractivity contribution in [3.8, 4) is 0 Å². The molecule has 0 unspecified atom stereocenters. The van der Waals surface area contributed by atoms with Gasteiger partial charge in [0.1, 0.15) is 6.61 Å². The van der Waals surface area contributed by atoms with Crippen molar-refractivity contribution in [2.75, 3.05) is 54.1 Å². The van der Waals surface area contributed by atoms with Crippen LogP contribution in [0.3, 0.4) is 0 Å². The Bertz CT molecular complexity index is 1000. The second kappa shape index (κ2) is 10.1. The van der Waals surface area contributed by atoms with E-state index < -0.39 is 0 Å². The van der Waals surface area contributed by atoms with Crippen LogP contribution >= 0.6 is 23.5 Å². The number of hydrogen-bond donors (Lipinski definition) is 1. The topological polar surface area (TPSA) is 44.8 Å². The number of allylic oxidation sites excluding steroid dienone is 1. The van der Waals surface area contributed by atoms with Crippen molar-refractivity contribution in [3.05, 3.63) is 70.3 Å². The fourth-order valence-corrected chi connectivity index (χ4v) is 6.33. The fourth-order valence-electron chi connectivity index (χ4n) is 4.38. The number of carbonyl (C=O) groups is 1. The third-order valence-corrected chi connectivity index (χ3v) is 8.17. The number of rotatable bonds is 4. The van der Waals surface area contributed by atoms with Gasteiger partial charge >= 0.3 is 6.09 Å². The summed E-state index contributed by atoms with van der Waals surface area (Å²) in [6.45, 7) is 4.28. The predicted octanol–water partition coefficient (Wildman–Crippen LogP) is 4.66. The lowest BCUT2D eigenvalue weighted by Crippen LogP contribution is -2.32. The normalized spacial score (nSPS) is 20.9. The van der Waals surface area contributed by atoms with E-state index in [9.17, 15) is 4.79 Å². The zero-order chi connectivity index (χ0) is 21.8. The summed E-state index contributed by atoms with van der Waals surface area (Å²) in [5.74, 6) is 3.33. The van der Waals surface area contributed by atoms with Gasteiger partial charge in [-0.05, 0) is 47.4 Å². The Balaban J connectivity index is 1.30. The van der Waals surface area contributed by atoms with Crippen molar-refractivity contribution < 1.29 is 9.53 Å². The van der Waals surface area contributed by atoms with E-state index in [4.69, 9.17) is 4.74 Å². The van der Waals surface area contributed by atoms with Gasteiger partial charge in [0.25, 0.3) is 0 Å². The number of fused-ring (bicyclic) bond motifs is 1. The molecule has 0 bridgehead atoms. The van der Waals surface area contributed by atoms with Crippen LogP contribution in [0.5, 0.6) is 0 Å². The van der Waals surface area contributed by atoms with Gasteiger partial charge in [0, 0.05) is 65.8 Å². The van der Waals surface area contributed by atoms with Crippen molar-refractivity contribution in [3.63, 3.8) is 0 Å². The second-order valence-electron chi connectivity index (χ2n) is 8.27. The lowest BCUT2D eigenvalue weighted by Gasteiger charge is -2.28. The molecule has 3 aliphatic rings. The molecule has 3 aliphatic heterocycles. The van der Waals surface area contributed by atoms with Crippen molar-refractivity contribution in [1.82, 2.24) is 5.32 Å². The minimum absolute atomic E-state index is 0.241. The van der Waals surface area contributed by atoms with Gasteiger partial charge in [-0.3, -0.25) is 4.90 Å². The van der Waals surface area contributed by atoms with Gasteiger partial charge in [-0.15, -0.1) is 11.8 Å². The first kappa shape index (κ1) is 21.6. The quantitative estimate of drug-likeness (QED) is 0.706. The van der Waals surface area contributed by atoms with Crippen LogP contribution in [0.1, 0.15) is 16.7 Å². The Morgan fingerprint density at radius 1 is 1.00 bits per heavy atom. The van der Waals surface area contributed by atoms with Gasteiger partial charge in [0.2, 0.25) is 0 Å². The van der Waals surface area contributed by atoms with E-state index in [1.54, 1.807) is 4.90 Å². The zero-order valence-electron chi connectivity index (χ0n) is 18.2. The number of thioether (sulfide) groups is 2. The number of hydrogen-bond acceptors (Lipinski definition) is 6.